The lowest BCUT2D eigenvalue weighted by Crippen LogP contribution is -2.33. The van der Waals surface area contributed by atoms with E-state index in [-0.39, 0.29) is 11.5 Å². The highest BCUT2D eigenvalue weighted by molar-refractivity contribution is 5.77. The Bertz CT molecular complexity index is 240. The van der Waals surface area contributed by atoms with Gasteiger partial charge in [-0.15, -0.1) is 0 Å². The van der Waals surface area contributed by atoms with E-state index in [1.54, 1.807) is 6.92 Å². The molecule has 0 saturated carbocycles. The van der Waals surface area contributed by atoms with Crippen molar-refractivity contribution in [2.45, 2.75) is 52.2 Å². The summed E-state index contributed by atoms with van der Waals surface area (Å²) in [5, 5.41) is 10.5. The fourth-order valence-electron chi connectivity index (χ4n) is 1.51. The average Bonchev–Trinajstić information content (AvgIpc) is 2.39. The highest BCUT2D eigenvalue weighted by Crippen LogP contribution is 2.33. The normalized spacial score (nSPS) is 28.9. The highest BCUT2D eigenvalue weighted by atomic mass is 16.7. The summed E-state index contributed by atoms with van der Waals surface area (Å²) in [6.45, 7) is 8.23. The van der Waals surface area contributed by atoms with Crippen LogP contribution in [0.2, 0.25) is 0 Å². The molecule has 1 rings (SSSR count). The molecular formula is C11H21NO3. The number of hydrogen-bond donors (Lipinski definition) is 1. The highest BCUT2D eigenvalue weighted by Gasteiger charge is 2.43. The summed E-state index contributed by atoms with van der Waals surface area (Å²) >= 11 is 0. The van der Waals surface area contributed by atoms with E-state index in [1.807, 2.05) is 20.8 Å². The number of rotatable bonds is 4. The third-order valence-corrected chi connectivity index (χ3v) is 3.07. The Hall–Kier alpha value is -0.610. The van der Waals surface area contributed by atoms with Gasteiger partial charge in [0.25, 0.3) is 0 Å². The second-order valence-corrected chi connectivity index (χ2v) is 4.87. The number of amides is 1. The molecule has 0 spiro atoms. The molecule has 2 unspecified atom stereocenters. The monoisotopic (exact) mass is 215 g/mol. The predicted molar refractivity (Wildman–Crippen MR) is 57.0 cm³/mol. The summed E-state index contributed by atoms with van der Waals surface area (Å²) in [5.41, 5.74) is -0.379. The minimum Gasteiger partial charge on any atom is -0.393 e. The second kappa shape index (κ2) is 4.49. The first kappa shape index (κ1) is 12.5. The van der Waals surface area contributed by atoms with Gasteiger partial charge in [-0.3, -0.25) is 9.63 Å². The van der Waals surface area contributed by atoms with Gasteiger partial charge in [0.15, 0.2) is 0 Å². The zero-order valence-corrected chi connectivity index (χ0v) is 9.99. The van der Waals surface area contributed by atoms with Gasteiger partial charge in [0.2, 0.25) is 5.91 Å². The van der Waals surface area contributed by atoms with Gasteiger partial charge in [-0.25, -0.2) is 5.06 Å². The van der Waals surface area contributed by atoms with Crippen molar-refractivity contribution in [1.82, 2.24) is 5.06 Å². The topological polar surface area (TPSA) is 49.8 Å². The number of aliphatic hydroxyl groups excluding tert-OH is 1. The number of hydroxylamine groups is 2. The first-order valence-electron chi connectivity index (χ1n) is 5.52. The molecule has 0 aromatic rings. The first-order chi connectivity index (χ1) is 6.85. The van der Waals surface area contributed by atoms with Crippen molar-refractivity contribution in [3.05, 3.63) is 0 Å². The van der Waals surface area contributed by atoms with Crippen molar-refractivity contribution in [3.63, 3.8) is 0 Å². The van der Waals surface area contributed by atoms with Gasteiger partial charge in [-0.1, -0.05) is 13.8 Å². The zero-order chi connectivity index (χ0) is 11.6. The second-order valence-electron chi connectivity index (χ2n) is 4.87. The fraction of sp³-hybridized carbons (Fsp3) is 0.909. The molecule has 0 aromatic carbocycles. The van der Waals surface area contributed by atoms with Crippen LogP contribution in [0.1, 0.15) is 40.5 Å². The lowest BCUT2D eigenvalue weighted by molar-refractivity contribution is -0.207. The molecule has 1 amide bonds. The van der Waals surface area contributed by atoms with E-state index in [0.29, 0.717) is 25.3 Å². The summed E-state index contributed by atoms with van der Waals surface area (Å²) in [6, 6.07) is 0. The number of carbonyl (C=O) groups excluding carboxylic acids is 1. The summed E-state index contributed by atoms with van der Waals surface area (Å²) in [6.07, 6.45) is 0.594. The molecule has 15 heavy (non-hydrogen) atoms. The molecule has 0 bridgehead atoms. The lowest BCUT2D eigenvalue weighted by Gasteiger charge is -2.27. The molecule has 1 aliphatic heterocycles. The minimum absolute atomic E-state index is 0.0202. The van der Waals surface area contributed by atoms with E-state index in [0.717, 1.165) is 0 Å². The lowest BCUT2D eigenvalue weighted by atomic mass is 9.90. The van der Waals surface area contributed by atoms with Crippen molar-refractivity contribution in [2.24, 2.45) is 5.92 Å². The van der Waals surface area contributed by atoms with Crippen molar-refractivity contribution in [1.29, 1.82) is 0 Å². The van der Waals surface area contributed by atoms with Crippen LogP contribution in [-0.2, 0) is 9.63 Å². The molecule has 1 saturated heterocycles. The predicted octanol–water partition coefficient (Wildman–Crippen LogP) is 1.34. The maximum atomic E-state index is 11.6. The molecule has 1 N–H and O–H groups in total. The summed E-state index contributed by atoms with van der Waals surface area (Å²) < 4.78 is 0. The van der Waals surface area contributed by atoms with Gasteiger partial charge in [0.1, 0.15) is 5.60 Å². The van der Waals surface area contributed by atoms with Gasteiger partial charge in [0.05, 0.1) is 19.1 Å². The zero-order valence-electron chi connectivity index (χ0n) is 9.99. The Balaban J connectivity index is 2.53. The third kappa shape index (κ3) is 2.92. The summed E-state index contributed by atoms with van der Waals surface area (Å²) in [5.74, 6) is 0.324. The Morgan fingerprint density at radius 1 is 1.53 bits per heavy atom. The van der Waals surface area contributed by atoms with Crippen LogP contribution in [0.3, 0.4) is 0 Å². The van der Waals surface area contributed by atoms with E-state index in [4.69, 9.17) is 9.94 Å². The number of nitrogens with zero attached hydrogens (tertiary/aromatic N) is 1. The molecular weight excluding hydrogens is 194 g/mol. The van der Waals surface area contributed by atoms with E-state index in [1.165, 1.54) is 5.06 Å². The van der Waals surface area contributed by atoms with E-state index in [9.17, 15) is 4.79 Å². The summed E-state index contributed by atoms with van der Waals surface area (Å²) in [7, 11) is 0. The number of aliphatic hydroxyl groups is 1. The maximum Gasteiger partial charge on any atom is 0.249 e. The van der Waals surface area contributed by atoms with Crippen LogP contribution in [0.15, 0.2) is 0 Å². The molecule has 4 nitrogen and oxygen atoms in total. The van der Waals surface area contributed by atoms with Crippen LogP contribution < -0.4 is 0 Å². The van der Waals surface area contributed by atoms with Gasteiger partial charge in [0, 0.05) is 0 Å². The maximum absolute atomic E-state index is 11.6. The number of carbonyl (C=O) groups is 1. The van der Waals surface area contributed by atoms with Crippen LogP contribution in [0.25, 0.3) is 0 Å². The van der Waals surface area contributed by atoms with Gasteiger partial charge in [-0.2, -0.15) is 0 Å². The largest absolute Gasteiger partial charge is 0.393 e. The fourth-order valence-corrected chi connectivity index (χ4v) is 1.51. The molecule has 1 fully saturated rings. The minimum atomic E-state index is -0.396. The third-order valence-electron chi connectivity index (χ3n) is 3.07. The Morgan fingerprint density at radius 2 is 2.13 bits per heavy atom. The average molecular weight is 215 g/mol. The SMILES string of the molecule is CC(O)CCN1OC(C)(C(C)C)CC1=O. The Morgan fingerprint density at radius 3 is 2.53 bits per heavy atom. The van der Waals surface area contributed by atoms with Gasteiger partial charge >= 0.3 is 0 Å². The smallest absolute Gasteiger partial charge is 0.249 e. The summed E-state index contributed by atoms with van der Waals surface area (Å²) in [4.78, 5) is 17.3. The van der Waals surface area contributed by atoms with Crippen molar-refractivity contribution in [2.75, 3.05) is 6.54 Å². The van der Waals surface area contributed by atoms with Gasteiger partial charge in [-0.05, 0) is 26.2 Å². The standard InChI is InChI=1S/C11H21NO3/c1-8(2)11(4)7-10(14)12(15-11)6-5-9(3)13/h8-9,13H,5-7H2,1-4H3. The molecule has 1 heterocycles. The molecule has 0 aliphatic carbocycles. The van der Waals surface area contributed by atoms with Crippen LogP contribution >= 0.6 is 0 Å². The molecule has 0 radical (unpaired) electrons. The molecule has 2 atom stereocenters. The van der Waals surface area contributed by atoms with Crippen LogP contribution in [0, 0.1) is 5.92 Å². The number of hydrogen-bond acceptors (Lipinski definition) is 3. The molecule has 88 valence electrons. The molecule has 1 aliphatic rings. The first-order valence-corrected chi connectivity index (χ1v) is 5.52. The van der Waals surface area contributed by atoms with E-state index >= 15 is 0 Å². The van der Waals surface area contributed by atoms with Gasteiger partial charge < -0.3 is 5.11 Å². The Kier molecular flexibility index (Phi) is 3.73. The van der Waals surface area contributed by atoms with Crippen molar-refractivity contribution < 1.29 is 14.7 Å². The van der Waals surface area contributed by atoms with Crippen molar-refractivity contribution in [3.8, 4) is 0 Å². The van der Waals surface area contributed by atoms with E-state index in [2.05, 4.69) is 0 Å². The van der Waals surface area contributed by atoms with Crippen LogP contribution in [0.4, 0.5) is 0 Å². The van der Waals surface area contributed by atoms with Crippen LogP contribution in [0.5, 0.6) is 0 Å². The van der Waals surface area contributed by atoms with E-state index < -0.39 is 6.10 Å². The molecule has 0 aromatic heterocycles. The Labute approximate surface area is 91.2 Å². The molecule has 4 heteroatoms. The van der Waals surface area contributed by atoms with Crippen LogP contribution in [-0.4, -0.2) is 34.3 Å². The van der Waals surface area contributed by atoms with Crippen molar-refractivity contribution >= 4 is 5.91 Å². The quantitative estimate of drug-likeness (QED) is 0.769.